The van der Waals surface area contributed by atoms with E-state index in [0.29, 0.717) is 12.1 Å². The summed E-state index contributed by atoms with van der Waals surface area (Å²) >= 11 is 5.42. The van der Waals surface area contributed by atoms with Crippen LogP contribution in [0, 0.1) is 0 Å². The Bertz CT molecular complexity index is 316. The Morgan fingerprint density at radius 1 is 1.47 bits per heavy atom. The third-order valence-corrected chi connectivity index (χ3v) is 4.89. The molecule has 0 aliphatic heterocycles. The van der Waals surface area contributed by atoms with Gasteiger partial charge in [-0.3, -0.25) is 0 Å². The van der Waals surface area contributed by atoms with Crippen LogP contribution in [0.4, 0.5) is 0 Å². The molecule has 0 amide bonds. The van der Waals surface area contributed by atoms with E-state index in [9.17, 15) is 0 Å². The van der Waals surface area contributed by atoms with Gasteiger partial charge in [0.05, 0.1) is 6.10 Å². The van der Waals surface area contributed by atoms with Crippen LogP contribution in [0.2, 0.25) is 0 Å². The minimum absolute atomic E-state index is 0.350. The Hall–Kier alpha value is 0.100. The quantitative estimate of drug-likeness (QED) is 0.786. The fraction of sp³-hybridized carbons (Fsp3) is 0.692. The van der Waals surface area contributed by atoms with Gasteiger partial charge in [-0.15, -0.1) is 11.3 Å². The molecule has 0 radical (unpaired) electrons. The second-order valence-corrected chi connectivity index (χ2v) is 6.13. The SMILES string of the molecule is CCNC(CCC(C)OC)Cc1sccc1Br. The topological polar surface area (TPSA) is 21.3 Å². The lowest BCUT2D eigenvalue weighted by Gasteiger charge is -2.19. The van der Waals surface area contributed by atoms with Gasteiger partial charge in [0, 0.05) is 22.5 Å². The van der Waals surface area contributed by atoms with E-state index in [1.54, 1.807) is 7.11 Å². The lowest BCUT2D eigenvalue weighted by atomic mass is 10.0. The van der Waals surface area contributed by atoms with Crippen LogP contribution >= 0.6 is 27.3 Å². The van der Waals surface area contributed by atoms with Crippen molar-refractivity contribution in [3.63, 3.8) is 0 Å². The van der Waals surface area contributed by atoms with E-state index in [2.05, 4.69) is 46.5 Å². The summed E-state index contributed by atoms with van der Waals surface area (Å²) in [6.45, 7) is 5.31. The largest absolute Gasteiger partial charge is 0.382 e. The van der Waals surface area contributed by atoms with Gasteiger partial charge < -0.3 is 10.1 Å². The highest BCUT2D eigenvalue weighted by atomic mass is 79.9. The molecule has 1 heterocycles. The van der Waals surface area contributed by atoms with E-state index < -0.39 is 0 Å². The van der Waals surface area contributed by atoms with Crippen molar-refractivity contribution in [3.05, 3.63) is 20.8 Å². The van der Waals surface area contributed by atoms with E-state index in [4.69, 9.17) is 4.74 Å². The molecule has 1 N–H and O–H groups in total. The van der Waals surface area contributed by atoms with Crippen molar-refractivity contribution < 1.29 is 4.74 Å². The van der Waals surface area contributed by atoms with Gasteiger partial charge in [0.15, 0.2) is 0 Å². The minimum atomic E-state index is 0.350. The molecule has 2 unspecified atom stereocenters. The number of hydrogen-bond acceptors (Lipinski definition) is 3. The van der Waals surface area contributed by atoms with Gasteiger partial charge in [0.25, 0.3) is 0 Å². The van der Waals surface area contributed by atoms with Crippen molar-refractivity contribution in [2.75, 3.05) is 13.7 Å². The lowest BCUT2D eigenvalue weighted by Crippen LogP contribution is -2.31. The first-order valence-electron chi connectivity index (χ1n) is 6.15. The second kappa shape index (κ2) is 8.25. The highest BCUT2D eigenvalue weighted by Gasteiger charge is 2.13. The molecule has 4 heteroatoms. The number of nitrogens with one attached hydrogen (secondary N) is 1. The van der Waals surface area contributed by atoms with E-state index in [0.717, 1.165) is 25.8 Å². The van der Waals surface area contributed by atoms with Crippen molar-refractivity contribution in [2.45, 2.75) is 45.3 Å². The normalized spacial score (nSPS) is 14.8. The van der Waals surface area contributed by atoms with Crippen molar-refractivity contribution in [2.24, 2.45) is 0 Å². The third kappa shape index (κ3) is 5.51. The lowest BCUT2D eigenvalue weighted by molar-refractivity contribution is 0.106. The average molecular weight is 320 g/mol. The highest BCUT2D eigenvalue weighted by molar-refractivity contribution is 9.10. The van der Waals surface area contributed by atoms with Gasteiger partial charge in [0.2, 0.25) is 0 Å². The molecule has 0 bridgehead atoms. The number of methoxy groups -OCH3 is 1. The van der Waals surface area contributed by atoms with E-state index >= 15 is 0 Å². The molecule has 0 aliphatic carbocycles. The molecule has 98 valence electrons. The fourth-order valence-corrected chi connectivity index (χ4v) is 3.41. The maximum atomic E-state index is 5.30. The van der Waals surface area contributed by atoms with Crippen LogP contribution in [-0.4, -0.2) is 25.8 Å². The Kier molecular flexibility index (Phi) is 7.35. The molecule has 1 rings (SSSR count). The first-order valence-corrected chi connectivity index (χ1v) is 7.82. The number of rotatable bonds is 8. The Balaban J connectivity index is 2.45. The van der Waals surface area contributed by atoms with Gasteiger partial charge in [-0.2, -0.15) is 0 Å². The summed E-state index contributed by atoms with van der Waals surface area (Å²) < 4.78 is 6.54. The van der Waals surface area contributed by atoms with Gasteiger partial charge in [-0.25, -0.2) is 0 Å². The maximum Gasteiger partial charge on any atom is 0.0543 e. The summed E-state index contributed by atoms with van der Waals surface area (Å²) in [4.78, 5) is 1.43. The molecular formula is C13H22BrNOS. The summed E-state index contributed by atoms with van der Waals surface area (Å²) in [6.07, 6.45) is 3.72. The first kappa shape index (κ1) is 15.2. The van der Waals surface area contributed by atoms with Crippen LogP contribution < -0.4 is 5.32 Å². The van der Waals surface area contributed by atoms with Crippen molar-refractivity contribution in [1.82, 2.24) is 5.32 Å². The van der Waals surface area contributed by atoms with Gasteiger partial charge in [-0.05, 0) is 60.1 Å². The molecule has 0 fully saturated rings. The smallest absolute Gasteiger partial charge is 0.0543 e. The first-order chi connectivity index (χ1) is 8.17. The standard InChI is InChI=1S/C13H22BrNOS/c1-4-15-11(6-5-10(2)16-3)9-13-12(14)7-8-17-13/h7-8,10-11,15H,4-6,9H2,1-3H3. The van der Waals surface area contributed by atoms with Crippen molar-refractivity contribution >= 4 is 27.3 Å². The molecule has 0 aliphatic rings. The third-order valence-electron chi connectivity index (χ3n) is 2.94. The van der Waals surface area contributed by atoms with Gasteiger partial charge in [0.1, 0.15) is 0 Å². The number of likely N-dealkylation sites (N-methyl/N-ethyl adjacent to an activating group) is 1. The molecule has 2 atom stereocenters. The van der Waals surface area contributed by atoms with Gasteiger partial charge in [-0.1, -0.05) is 6.92 Å². The van der Waals surface area contributed by atoms with E-state index in [-0.39, 0.29) is 0 Å². The number of ether oxygens (including phenoxy) is 1. The fourth-order valence-electron chi connectivity index (χ4n) is 1.81. The molecule has 1 aromatic rings. The van der Waals surface area contributed by atoms with Crippen molar-refractivity contribution in [1.29, 1.82) is 0 Å². The summed E-state index contributed by atoms with van der Waals surface area (Å²) in [7, 11) is 1.78. The summed E-state index contributed by atoms with van der Waals surface area (Å²) in [5, 5.41) is 5.70. The molecule has 1 aromatic heterocycles. The van der Waals surface area contributed by atoms with Crippen LogP contribution in [0.5, 0.6) is 0 Å². The summed E-state index contributed by atoms with van der Waals surface area (Å²) in [6, 6.07) is 2.67. The predicted octanol–water partition coefficient (Wildman–Crippen LogP) is 3.85. The number of halogens is 1. The zero-order valence-corrected chi connectivity index (χ0v) is 13.2. The summed E-state index contributed by atoms with van der Waals surface area (Å²) in [5.41, 5.74) is 0. The molecule has 2 nitrogen and oxygen atoms in total. The van der Waals surface area contributed by atoms with Crippen LogP contribution in [0.3, 0.4) is 0 Å². The Labute approximate surface area is 117 Å². The Morgan fingerprint density at radius 2 is 2.24 bits per heavy atom. The predicted molar refractivity (Wildman–Crippen MR) is 78.9 cm³/mol. The minimum Gasteiger partial charge on any atom is -0.382 e. The average Bonchev–Trinajstić information content (AvgIpc) is 2.72. The molecular weight excluding hydrogens is 298 g/mol. The van der Waals surface area contributed by atoms with Gasteiger partial charge >= 0.3 is 0 Å². The Morgan fingerprint density at radius 3 is 2.76 bits per heavy atom. The number of hydrogen-bond donors (Lipinski definition) is 1. The van der Waals surface area contributed by atoms with Crippen LogP contribution in [0.25, 0.3) is 0 Å². The van der Waals surface area contributed by atoms with Crippen LogP contribution in [0.15, 0.2) is 15.9 Å². The molecule has 0 saturated heterocycles. The van der Waals surface area contributed by atoms with Crippen LogP contribution in [0.1, 0.15) is 31.6 Å². The number of thiophene rings is 1. The van der Waals surface area contributed by atoms with E-state index in [1.807, 2.05) is 11.3 Å². The maximum absolute atomic E-state index is 5.30. The van der Waals surface area contributed by atoms with E-state index in [1.165, 1.54) is 9.35 Å². The second-order valence-electron chi connectivity index (χ2n) is 4.27. The molecule has 0 spiro atoms. The summed E-state index contributed by atoms with van der Waals surface area (Å²) in [5.74, 6) is 0. The van der Waals surface area contributed by atoms with Crippen molar-refractivity contribution in [3.8, 4) is 0 Å². The van der Waals surface area contributed by atoms with Crippen LogP contribution in [-0.2, 0) is 11.2 Å². The zero-order valence-electron chi connectivity index (χ0n) is 10.8. The zero-order chi connectivity index (χ0) is 12.7. The molecule has 0 aromatic carbocycles. The highest BCUT2D eigenvalue weighted by Crippen LogP contribution is 2.25. The monoisotopic (exact) mass is 319 g/mol. The molecule has 17 heavy (non-hydrogen) atoms. The molecule has 0 saturated carbocycles.